The Labute approximate surface area is 121 Å². The van der Waals surface area contributed by atoms with Crippen molar-refractivity contribution in [3.05, 3.63) is 48.8 Å². The molecule has 3 rings (SSSR count). The van der Waals surface area contributed by atoms with Gasteiger partial charge in [-0.05, 0) is 23.6 Å². The fourth-order valence-corrected chi connectivity index (χ4v) is 2.09. The number of nitrogens with one attached hydrogen (secondary N) is 3. The summed E-state index contributed by atoms with van der Waals surface area (Å²) in [5, 5.41) is 13.9. The van der Waals surface area contributed by atoms with Gasteiger partial charge in [0, 0.05) is 11.6 Å². The molecule has 0 aliphatic carbocycles. The first kappa shape index (κ1) is 13.0. The maximum absolute atomic E-state index is 12.0. The predicted molar refractivity (Wildman–Crippen MR) is 81.7 cm³/mol. The molecule has 0 saturated heterocycles. The molecule has 0 bridgehead atoms. The Hall–Kier alpha value is -3.02. The summed E-state index contributed by atoms with van der Waals surface area (Å²) in [5.74, 6) is 0.743. The molecule has 0 saturated carbocycles. The van der Waals surface area contributed by atoms with Crippen molar-refractivity contribution >= 4 is 28.2 Å². The van der Waals surface area contributed by atoms with Crippen LogP contribution in [0.2, 0.25) is 0 Å². The standard InChI is InChI=1S/C15H14N4O2/c1-21-12-6-5-10-3-2-4-14(13(10)7-12)19-15(20)18-11-8-16-17-9-11/h2-9H,1H3,(H,16,17)(H2,18,19,20). The molecule has 2 aromatic carbocycles. The van der Waals surface area contributed by atoms with Gasteiger partial charge in [-0.25, -0.2) is 4.79 Å². The average molecular weight is 282 g/mol. The molecule has 106 valence electrons. The zero-order chi connectivity index (χ0) is 14.7. The molecular weight excluding hydrogens is 268 g/mol. The van der Waals surface area contributed by atoms with E-state index in [4.69, 9.17) is 4.74 Å². The fourth-order valence-electron chi connectivity index (χ4n) is 2.09. The molecule has 21 heavy (non-hydrogen) atoms. The number of ether oxygens (including phenoxy) is 1. The molecule has 0 aliphatic rings. The molecule has 0 spiro atoms. The highest BCUT2D eigenvalue weighted by atomic mass is 16.5. The maximum atomic E-state index is 12.0. The zero-order valence-corrected chi connectivity index (χ0v) is 11.4. The van der Waals surface area contributed by atoms with Crippen LogP contribution in [0.3, 0.4) is 0 Å². The van der Waals surface area contributed by atoms with Crippen LogP contribution in [-0.2, 0) is 0 Å². The highest BCUT2D eigenvalue weighted by molar-refractivity contribution is 6.06. The summed E-state index contributed by atoms with van der Waals surface area (Å²) >= 11 is 0. The van der Waals surface area contributed by atoms with Gasteiger partial charge in [-0.15, -0.1) is 0 Å². The van der Waals surface area contributed by atoms with E-state index in [0.717, 1.165) is 16.5 Å². The van der Waals surface area contributed by atoms with Crippen molar-refractivity contribution in [2.24, 2.45) is 0 Å². The first-order valence-electron chi connectivity index (χ1n) is 6.40. The third-order valence-electron chi connectivity index (χ3n) is 3.09. The van der Waals surface area contributed by atoms with Crippen LogP contribution in [0.5, 0.6) is 5.75 Å². The molecule has 6 heteroatoms. The van der Waals surface area contributed by atoms with E-state index >= 15 is 0 Å². The normalized spacial score (nSPS) is 10.3. The number of urea groups is 1. The maximum Gasteiger partial charge on any atom is 0.323 e. The molecule has 0 fully saturated rings. The molecule has 6 nitrogen and oxygen atoms in total. The van der Waals surface area contributed by atoms with Crippen LogP contribution in [-0.4, -0.2) is 23.3 Å². The number of anilines is 2. The SMILES string of the molecule is COc1ccc2cccc(NC(=O)Nc3cn[nH]c3)c2c1. The molecule has 0 radical (unpaired) electrons. The Morgan fingerprint density at radius 1 is 1.24 bits per heavy atom. The highest BCUT2D eigenvalue weighted by Crippen LogP contribution is 2.27. The third kappa shape index (κ3) is 2.79. The van der Waals surface area contributed by atoms with E-state index in [1.165, 1.54) is 6.20 Å². The molecule has 0 unspecified atom stereocenters. The first-order chi connectivity index (χ1) is 10.3. The van der Waals surface area contributed by atoms with Gasteiger partial charge in [0.1, 0.15) is 5.75 Å². The zero-order valence-electron chi connectivity index (χ0n) is 11.4. The van der Waals surface area contributed by atoms with Crippen molar-refractivity contribution in [2.75, 3.05) is 17.7 Å². The molecule has 2 amide bonds. The van der Waals surface area contributed by atoms with Gasteiger partial charge in [-0.2, -0.15) is 5.10 Å². The average Bonchev–Trinajstić information content (AvgIpc) is 3.00. The number of nitrogens with zero attached hydrogens (tertiary/aromatic N) is 1. The van der Waals surface area contributed by atoms with Crippen LogP contribution in [0.15, 0.2) is 48.8 Å². The van der Waals surface area contributed by atoms with Gasteiger partial charge in [0.25, 0.3) is 0 Å². The van der Waals surface area contributed by atoms with Gasteiger partial charge < -0.3 is 15.4 Å². The van der Waals surface area contributed by atoms with Gasteiger partial charge >= 0.3 is 6.03 Å². The largest absolute Gasteiger partial charge is 0.497 e. The van der Waals surface area contributed by atoms with Crippen molar-refractivity contribution in [1.82, 2.24) is 10.2 Å². The number of benzene rings is 2. The molecule has 0 aliphatic heterocycles. The van der Waals surface area contributed by atoms with Crippen LogP contribution in [0.1, 0.15) is 0 Å². The van der Waals surface area contributed by atoms with Crippen LogP contribution in [0.25, 0.3) is 10.8 Å². The van der Waals surface area contributed by atoms with Crippen LogP contribution in [0, 0.1) is 0 Å². The van der Waals surface area contributed by atoms with Crippen LogP contribution >= 0.6 is 0 Å². The monoisotopic (exact) mass is 282 g/mol. The van der Waals surface area contributed by atoms with Crippen molar-refractivity contribution in [3.63, 3.8) is 0 Å². The number of fused-ring (bicyclic) bond motifs is 1. The Bertz CT molecular complexity index is 768. The van der Waals surface area contributed by atoms with E-state index in [-0.39, 0.29) is 6.03 Å². The van der Waals surface area contributed by atoms with Gasteiger partial charge in [0.15, 0.2) is 0 Å². The van der Waals surface area contributed by atoms with Crippen molar-refractivity contribution < 1.29 is 9.53 Å². The lowest BCUT2D eigenvalue weighted by Crippen LogP contribution is -2.19. The number of carbonyl (C=O) groups is 1. The topological polar surface area (TPSA) is 79.0 Å². The molecule has 0 atom stereocenters. The lowest BCUT2D eigenvalue weighted by atomic mass is 10.1. The Kier molecular flexibility index (Phi) is 3.42. The molecule has 3 N–H and O–H groups in total. The summed E-state index contributed by atoms with van der Waals surface area (Å²) in [7, 11) is 1.61. The number of hydrogen-bond acceptors (Lipinski definition) is 3. The van der Waals surface area contributed by atoms with E-state index in [2.05, 4.69) is 20.8 Å². The Morgan fingerprint density at radius 3 is 2.90 bits per heavy atom. The lowest BCUT2D eigenvalue weighted by Gasteiger charge is -2.10. The number of amides is 2. The summed E-state index contributed by atoms with van der Waals surface area (Å²) in [5.41, 5.74) is 1.32. The summed E-state index contributed by atoms with van der Waals surface area (Å²) in [4.78, 5) is 12.0. The minimum atomic E-state index is -0.327. The van der Waals surface area contributed by atoms with Gasteiger partial charge in [0.05, 0.1) is 24.7 Å². The number of hydrogen-bond donors (Lipinski definition) is 3. The summed E-state index contributed by atoms with van der Waals surface area (Å²) in [6.45, 7) is 0. The van der Waals surface area contributed by atoms with E-state index in [9.17, 15) is 4.79 Å². The number of carbonyl (C=O) groups excluding carboxylic acids is 1. The van der Waals surface area contributed by atoms with E-state index < -0.39 is 0 Å². The van der Waals surface area contributed by atoms with E-state index in [0.29, 0.717) is 11.4 Å². The summed E-state index contributed by atoms with van der Waals surface area (Å²) < 4.78 is 5.23. The minimum absolute atomic E-state index is 0.327. The molecular formula is C15H14N4O2. The molecule has 1 aromatic heterocycles. The third-order valence-corrected chi connectivity index (χ3v) is 3.09. The smallest absolute Gasteiger partial charge is 0.323 e. The van der Waals surface area contributed by atoms with E-state index in [1.54, 1.807) is 13.3 Å². The van der Waals surface area contributed by atoms with Gasteiger partial charge in [-0.3, -0.25) is 5.10 Å². The Morgan fingerprint density at radius 2 is 2.14 bits per heavy atom. The lowest BCUT2D eigenvalue weighted by molar-refractivity contribution is 0.262. The van der Waals surface area contributed by atoms with Crippen LogP contribution in [0.4, 0.5) is 16.2 Å². The van der Waals surface area contributed by atoms with Crippen molar-refractivity contribution in [2.45, 2.75) is 0 Å². The quantitative estimate of drug-likeness (QED) is 0.690. The van der Waals surface area contributed by atoms with Crippen molar-refractivity contribution in [1.29, 1.82) is 0 Å². The van der Waals surface area contributed by atoms with Gasteiger partial charge in [0.2, 0.25) is 0 Å². The fraction of sp³-hybridized carbons (Fsp3) is 0.0667. The summed E-state index contributed by atoms with van der Waals surface area (Å²) in [6, 6.07) is 11.1. The van der Waals surface area contributed by atoms with E-state index in [1.807, 2.05) is 36.4 Å². The minimum Gasteiger partial charge on any atom is -0.497 e. The second kappa shape index (κ2) is 5.54. The highest BCUT2D eigenvalue weighted by Gasteiger charge is 2.07. The summed E-state index contributed by atoms with van der Waals surface area (Å²) in [6.07, 6.45) is 3.14. The Balaban J connectivity index is 1.87. The van der Waals surface area contributed by atoms with Gasteiger partial charge in [-0.1, -0.05) is 18.2 Å². The predicted octanol–water partition coefficient (Wildman–Crippen LogP) is 3.22. The second-order valence-electron chi connectivity index (χ2n) is 4.46. The number of H-pyrrole nitrogens is 1. The molecule has 3 aromatic rings. The van der Waals surface area contributed by atoms with Crippen LogP contribution < -0.4 is 15.4 Å². The number of rotatable bonds is 3. The number of methoxy groups -OCH3 is 1. The number of aromatic amines is 1. The molecule has 1 heterocycles. The van der Waals surface area contributed by atoms with Crippen molar-refractivity contribution in [3.8, 4) is 5.75 Å². The second-order valence-corrected chi connectivity index (χ2v) is 4.46. The number of aromatic nitrogens is 2. The first-order valence-corrected chi connectivity index (χ1v) is 6.40.